The first kappa shape index (κ1) is 9.14. The zero-order valence-corrected chi connectivity index (χ0v) is 3.92. The average molecular weight is 138 g/mol. The molecule has 0 rings (SSSR count). The molecule has 0 fully saturated rings. The third-order valence-electron chi connectivity index (χ3n) is 0.149. The third-order valence-corrected chi connectivity index (χ3v) is 0.149. The molecule has 0 unspecified atom stereocenters. The van der Waals surface area contributed by atoms with E-state index in [-0.39, 0.29) is 23.0 Å². The Kier molecular flexibility index (Phi) is 6.99. The van der Waals surface area contributed by atoms with Crippen molar-refractivity contribution in [2.45, 2.75) is 0 Å². The molecule has 6 N–H and O–H groups in total. The minimum absolute atomic E-state index is 0. The Labute approximate surface area is 46.2 Å². The Morgan fingerprint density at radius 2 is 1.50 bits per heavy atom. The van der Waals surface area contributed by atoms with Gasteiger partial charge < -0.3 is 17.3 Å². The molecule has 0 aliphatic carbocycles. The molecule has 0 atom stereocenters. The molecule has 0 bridgehead atoms. The molecule has 4 nitrogen and oxygen atoms in total. The van der Waals surface area contributed by atoms with Gasteiger partial charge in [-0.2, -0.15) is 0 Å². The Morgan fingerprint density at radius 1 is 1.33 bits per heavy atom. The van der Waals surface area contributed by atoms with Crippen molar-refractivity contribution in [3.8, 4) is 0 Å². The molecule has 5 heteroatoms. The van der Waals surface area contributed by atoms with Crippen LogP contribution >= 0.6 is 0 Å². The van der Waals surface area contributed by atoms with Crippen molar-refractivity contribution in [2.75, 3.05) is 0 Å². The number of nitrogens with two attached hydrogens (primary N) is 3. The van der Waals surface area contributed by atoms with Crippen LogP contribution in [-0.4, -0.2) is 5.96 Å². The first-order valence-corrected chi connectivity index (χ1v) is 1.06. The Morgan fingerprint density at radius 3 is 1.50 bits per heavy atom. The molecule has 0 aliphatic heterocycles. The maximum atomic E-state index is 4.69. The second-order valence-electron chi connectivity index (χ2n) is 0.554. The van der Waals surface area contributed by atoms with Gasteiger partial charge in [0.1, 0.15) is 0 Å². The number of rotatable bonds is 0. The average Bonchev–Trinajstić information content (AvgIpc) is 1.38. The molecule has 1 radical (unpaired) electrons. The van der Waals surface area contributed by atoms with Crippen molar-refractivity contribution in [1.29, 1.82) is 0 Å². The van der Waals surface area contributed by atoms with E-state index in [1.165, 1.54) is 0 Å². The summed E-state index contributed by atoms with van der Waals surface area (Å²) in [6.07, 6.45) is 0. The third kappa shape index (κ3) is 9.53. The predicted octanol–water partition coefficient (Wildman–Crippen LogP) is -1.87. The van der Waals surface area contributed by atoms with Crippen LogP contribution in [0.4, 0.5) is 0 Å². The minimum Gasteiger partial charge on any atom is -0.369 e. The van der Waals surface area contributed by atoms with Gasteiger partial charge in [-0.15, -0.1) is 5.10 Å². The molecule has 41 valence electrons. The van der Waals surface area contributed by atoms with Crippen molar-refractivity contribution in [1.82, 2.24) is 0 Å². The van der Waals surface area contributed by atoms with Crippen LogP contribution in [0, 0.1) is 0 Å². The largest absolute Gasteiger partial charge is 0.369 e. The molecular formula is CH6CuN4. The van der Waals surface area contributed by atoms with E-state index < -0.39 is 0 Å². The Hall–Kier alpha value is -0.411. The Bertz CT molecular complexity index is 45.5. The van der Waals surface area contributed by atoms with E-state index >= 15 is 0 Å². The summed E-state index contributed by atoms with van der Waals surface area (Å²) < 4.78 is 0. The van der Waals surface area contributed by atoms with Crippen LogP contribution in [0.1, 0.15) is 0 Å². The minimum atomic E-state index is -0.0926. The van der Waals surface area contributed by atoms with Crippen LogP contribution in [-0.2, 0) is 17.1 Å². The normalized spacial score (nSPS) is 5.33. The molecule has 0 aromatic heterocycles. The fraction of sp³-hybridized carbons (Fsp3) is 0. The molecule has 0 heterocycles. The van der Waals surface area contributed by atoms with Gasteiger partial charge in [0.25, 0.3) is 0 Å². The van der Waals surface area contributed by atoms with Gasteiger partial charge in [0, 0.05) is 17.1 Å². The van der Waals surface area contributed by atoms with Gasteiger partial charge in [0.15, 0.2) is 0 Å². The summed E-state index contributed by atoms with van der Waals surface area (Å²) in [5, 5.41) is 2.86. The summed E-state index contributed by atoms with van der Waals surface area (Å²) in [5.74, 6) is 4.42. The molecule has 0 aliphatic rings. The monoisotopic (exact) mass is 137 g/mol. The second-order valence-corrected chi connectivity index (χ2v) is 0.554. The predicted molar refractivity (Wildman–Crippen MR) is 20.0 cm³/mol. The Balaban J connectivity index is 0. The van der Waals surface area contributed by atoms with Gasteiger partial charge in [0.2, 0.25) is 5.96 Å². The summed E-state index contributed by atoms with van der Waals surface area (Å²) in [4.78, 5) is 0. The molecule has 0 spiro atoms. The van der Waals surface area contributed by atoms with Crippen LogP contribution in [0.2, 0.25) is 0 Å². The molecule has 0 aromatic rings. The van der Waals surface area contributed by atoms with E-state index in [2.05, 4.69) is 10.9 Å². The summed E-state index contributed by atoms with van der Waals surface area (Å²) in [5.41, 5.74) is 9.39. The summed E-state index contributed by atoms with van der Waals surface area (Å²) in [6, 6.07) is 0. The van der Waals surface area contributed by atoms with Crippen molar-refractivity contribution >= 4 is 5.96 Å². The van der Waals surface area contributed by atoms with Gasteiger partial charge in [-0.3, -0.25) is 0 Å². The van der Waals surface area contributed by atoms with Crippen LogP contribution in [0.3, 0.4) is 0 Å². The first-order valence-electron chi connectivity index (χ1n) is 1.06. The maximum absolute atomic E-state index is 4.69. The van der Waals surface area contributed by atoms with Gasteiger partial charge >= 0.3 is 0 Å². The van der Waals surface area contributed by atoms with Crippen molar-refractivity contribution in [2.24, 2.45) is 22.4 Å². The standard InChI is InChI=1S/CH6N4.Cu/c2-1(3)5-4;/h4H2,(H4,2,3,5);. The van der Waals surface area contributed by atoms with Crippen molar-refractivity contribution in [3.63, 3.8) is 0 Å². The fourth-order valence-electron chi connectivity index (χ4n) is 0. The van der Waals surface area contributed by atoms with E-state index in [0.717, 1.165) is 0 Å². The van der Waals surface area contributed by atoms with E-state index in [4.69, 9.17) is 11.5 Å². The summed E-state index contributed by atoms with van der Waals surface area (Å²) >= 11 is 0. The second kappa shape index (κ2) is 4.59. The van der Waals surface area contributed by atoms with Crippen LogP contribution in [0.15, 0.2) is 5.10 Å². The number of hydrazone groups is 1. The zero-order valence-electron chi connectivity index (χ0n) is 2.98. The first-order chi connectivity index (χ1) is 2.27. The molecule has 0 saturated heterocycles. The van der Waals surface area contributed by atoms with Gasteiger partial charge in [-0.05, 0) is 0 Å². The molecule has 0 aromatic carbocycles. The van der Waals surface area contributed by atoms with Crippen molar-refractivity contribution in [3.05, 3.63) is 0 Å². The zero-order chi connectivity index (χ0) is 4.28. The summed E-state index contributed by atoms with van der Waals surface area (Å²) in [6.45, 7) is 0. The van der Waals surface area contributed by atoms with Crippen LogP contribution in [0.5, 0.6) is 0 Å². The van der Waals surface area contributed by atoms with E-state index in [0.29, 0.717) is 0 Å². The van der Waals surface area contributed by atoms with E-state index in [9.17, 15) is 0 Å². The SMILES string of the molecule is NN=C(N)N.[Cu]. The number of nitrogens with zero attached hydrogens (tertiary/aromatic N) is 1. The molecule has 0 saturated carbocycles. The van der Waals surface area contributed by atoms with E-state index in [1.807, 2.05) is 0 Å². The smallest absolute Gasteiger partial charge is 0.208 e. The number of hydrogen-bond donors (Lipinski definition) is 3. The van der Waals surface area contributed by atoms with Crippen molar-refractivity contribution < 1.29 is 17.1 Å². The quantitative estimate of drug-likeness (QED) is 0.120. The van der Waals surface area contributed by atoms with Gasteiger partial charge in [-0.25, -0.2) is 0 Å². The maximum Gasteiger partial charge on any atom is 0.208 e. The van der Waals surface area contributed by atoms with Gasteiger partial charge in [-0.1, -0.05) is 0 Å². The topological polar surface area (TPSA) is 90.4 Å². The van der Waals surface area contributed by atoms with Gasteiger partial charge in [0.05, 0.1) is 0 Å². The van der Waals surface area contributed by atoms with E-state index in [1.54, 1.807) is 0 Å². The summed E-state index contributed by atoms with van der Waals surface area (Å²) in [7, 11) is 0. The molecule has 6 heavy (non-hydrogen) atoms. The molecular weight excluding hydrogens is 132 g/mol. The number of hydrogen-bond acceptors (Lipinski definition) is 2. The fourth-order valence-corrected chi connectivity index (χ4v) is 0. The van der Waals surface area contributed by atoms with Crippen LogP contribution < -0.4 is 17.3 Å². The van der Waals surface area contributed by atoms with Crippen LogP contribution in [0.25, 0.3) is 0 Å². The molecule has 0 amide bonds. The number of guanidine groups is 1.